The molecule has 0 aromatic carbocycles. The van der Waals surface area contributed by atoms with Gasteiger partial charge in [0, 0.05) is 12.6 Å². The van der Waals surface area contributed by atoms with Gasteiger partial charge in [-0.05, 0) is 12.8 Å². The molecule has 92 valence electrons. The highest BCUT2D eigenvalue weighted by Gasteiger charge is 2.26. The molecule has 0 saturated heterocycles. The molecule has 1 unspecified atom stereocenters. The van der Waals surface area contributed by atoms with Crippen molar-refractivity contribution in [3.63, 3.8) is 0 Å². The lowest BCUT2D eigenvalue weighted by Crippen LogP contribution is -2.33. The lowest BCUT2D eigenvalue weighted by molar-refractivity contribution is -0.145. The maximum absolute atomic E-state index is 11.7. The first-order valence-corrected chi connectivity index (χ1v) is 5.21. The maximum atomic E-state index is 11.7. The van der Waals surface area contributed by atoms with Crippen LogP contribution in [0.5, 0.6) is 0 Å². The van der Waals surface area contributed by atoms with Crippen LogP contribution in [0, 0.1) is 5.92 Å². The quantitative estimate of drug-likeness (QED) is 0.675. The summed E-state index contributed by atoms with van der Waals surface area (Å²) in [5.41, 5.74) is 0. The summed E-state index contributed by atoms with van der Waals surface area (Å²) in [6, 6.07) is 0.358. The average Bonchev–Trinajstić information content (AvgIpc) is 2.08. The highest BCUT2D eigenvalue weighted by Crippen LogP contribution is 2.18. The molecule has 0 aliphatic carbocycles. The van der Waals surface area contributed by atoms with E-state index >= 15 is 0 Å². The highest BCUT2D eigenvalue weighted by atomic mass is 19.4. The van der Waals surface area contributed by atoms with E-state index in [2.05, 4.69) is 19.2 Å². The van der Waals surface area contributed by atoms with Gasteiger partial charge in [0.05, 0.1) is 19.6 Å². The van der Waals surface area contributed by atoms with Crippen molar-refractivity contribution in [1.29, 1.82) is 0 Å². The van der Waals surface area contributed by atoms with Crippen LogP contribution in [0.4, 0.5) is 13.2 Å². The summed E-state index contributed by atoms with van der Waals surface area (Å²) >= 11 is 0. The molecule has 0 aromatic rings. The van der Waals surface area contributed by atoms with Gasteiger partial charge in [-0.15, -0.1) is 0 Å². The fourth-order valence-corrected chi connectivity index (χ4v) is 0.884. The smallest absolute Gasteiger partial charge is 0.380 e. The molecule has 0 heterocycles. The maximum Gasteiger partial charge on any atom is 0.391 e. The van der Waals surface area contributed by atoms with E-state index in [1.807, 2.05) is 6.92 Å². The van der Waals surface area contributed by atoms with E-state index in [9.17, 15) is 13.2 Å². The molecule has 0 amide bonds. The van der Waals surface area contributed by atoms with Gasteiger partial charge >= 0.3 is 6.18 Å². The van der Waals surface area contributed by atoms with E-state index in [-0.39, 0.29) is 6.61 Å². The molecule has 0 bridgehead atoms. The fraction of sp³-hybridized carbons (Fsp3) is 1.00. The van der Waals surface area contributed by atoms with Crippen molar-refractivity contribution < 1.29 is 17.9 Å². The van der Waals surface area contributed by atoms with Crippen LogP contribution < -0.4 is 5.32 Å². The molecule has 0 aliphatic rings. The van der Waals surface area contributed by atoms with Gasteiger partial charge in [0.1, 0.15) is 0 Å². The van der Waals surface area contributed by atoms with Crippen molar-refractivity contribution >= 4 is 0 Å². The Morgan fingerprint density at radius 1 is 1.13 bits per heavy atom. The first-order chi connectivity index (χ1) is 6.83. The summed E-state index contributed by atoms with van der Waals surface area (Å²) in [5, 5.41) is 3.17. The summed E-state index contributed by atoms with van der Waals surface area (Å²) in [7, 11) is 0. The highest BCUT2D eigenvalue weighted by molar-refractivity contribution is 4.63. The van der Waals surface area contributed by atoms with Crippen LogP contribution in [0.2, 0.25) is 0 Å². The van der Waals surface area contributed by atoms with Gasteiger partial charge < -0.3 is 10.1 Å². The molecule has 0 aliphatic heterocycles. The molecule has 1 atom stereocenters. The van der Waals surface area contributed by atoms with Crippen molar-refractivity contribution in [2.45, 2.75) is 39.4 Å². The van der Waals surface area contributed by atoms with Gasteiger partial charge in [0.25, 0.3) is 0 Å². The number of halogens is 3. The Kier molecular flexibility index (Phi) is 6.92. The number of nitrogens with one attached hydrogen (secondary N) is 1. The van der Waals surface area contributed by atoms with E-state index in [4.69, 9.17) is 4.74 Å². The molecular weight excluding hydrogens is 207 g/mol. The van der Waals surface area contributed by atoms with Gasteiger partial charge in [-0.1, -0.05) is 13.8 Å². The molecule has 15 heavy (non-hydrogen) atoms. The van der Waals surface area contributed by atoms with Crippen LogP contribution in [0.1, 0.15) is 27.2 Å². The second-order valence-electron chi connectivity index (χ2n) is 3.96. The van der Waals surface area contributed by atoms with Crippen LogP contribution >= 0.6 is 0 Å². The van der Waals surface area contributed by atoms with Crippen molar-refractivity contribution in [2.75, 3.05) is 19.8 Å². The third kappa shape index (κ3) is 10.0. The van der Waals surface area contributed by atoms with E-state index in [0.29, 0.717) is 25.1 Å². The molecule has 1 N–H and O–H groups in total. The SMILES string of the molecule is CC(C)C(C)NCCOCCC(F)(F)F. The summed E-state index contributed by atoms with van der Waals surface area (Å²) in [6.45, 7) is 6.89. The number of alkyl halides is 3. The Balaban J connectivity index is 3.26. The van der Waals surface area contributed by atoms with E-state index < -0.39 is 12.6 Å². The van der Waals surface area contributed by atoms with Crippen LogP contribution in [-0.4, -0.2) is 32.0 Å². The standard InChI is InChI=1S/C10H20F3NO/c1-8(2)9(3)14-5-7-15-6-4-10(11,12)13/h8-9,14H,4-7H2,1-3H3. The van der Waals surface area contributed by atoms with Gasteiger partial charge in [-0.25, -0.2) is 0 Å². The van der Waals surface area contributed by atoms with E-state index in [1.165, 1.54) is 0 Å². The molecule has 2 nitrogen and oxygen atoms in total. The molecule has 0 spiro atoms. The first-order valence-electron chi connectivity index (χ1n) is 5.21. The Labute approximate surface area is 89.2 Å². The molecular formula is C10H20F3NO. The van der Waals surface area contributed by atoms with Gasteiger partial charge in [-0.2, -0.15) is 13.2 Å². The van der Waals surface area contributed by atoms with Gasteiger partial charge in [-0.3, -0.25) is 0 Å². The Bertz CT molecular complexity index is 159. The largest absolute Gasteiger partial charge is 0.391 e. The lowest BCUT2D eigenvalue weighted by Gasteiger charge is -2.17. The molecule has 0 saturated carbocycles. The fourth-order valence-electron chi connectivity index (χ4n) is 0.884. The summed E-state index contributed by atoms with van der Waals surface area (Å²) in [5.74, 6) is 0.514. The Morgan fingerprint density at radius 2 is 1.73 bits per heavy atom. The minimum atomic E-state index is -4.11. The monoisotopic (exact) mass is 227 g/mol. The topological polar surface area (TPSA) is 21.3 Å². The minimum Gasteiger partial charge on any atom is -0.380 e. The lowest BCUT2D eigenvalue weighted by atomic mass is 10.1. The normalized spacial score (nSPS) is 14.6. The number of ether oxygens (including phenoxy) is 1. The molecule has 0 aromatic heterocycles. The molecule has 0 rings (SSSR count). The summed E-state index contributed by atoms with van der Waals surface area (Å²) in [4.78, 5) is 0. The zero-order valence-corrected chi connectivity index (χ0v) is 9.53. The van der Waals surface area contributed by atoms with Crippen LogP contribution in [0.15, 0.2) is 0 Å². The third-order valence-electron chi connectivity index (χ3n) is 2.24. The number of rotatable bonds is 7. The number of hydrogen-bond donors (Lipinski definition) is 1. The van der Waals surface area contributed by atoms with Crippen molar-refractivity contribution in [1.82, 2.24) is 5.32 Å². The zero-order valence-electron chi connectivity index (χ0n) is 9.53. The second kappa shape index (κ2) is 7.06. The van der Waals surface area contributed by atoms with Gasteiger partial charge in [0.15, 0.2) is 0 Å². The predicted octanol–water partition coefficient (Wildman–Crippen LogP) is 2.59. The predicted molar refractivity (Wildman–Crippen MR) is 53.8 cm³/mol. The Hall–Kier alpha value is -0.290. The first kappa shape index (κ1) is 14.7. The van der Waals surface area contributed by atoms with Crippen LogP contribution in [0.3, 0.4) is 0 Å². The molecule has 0 radical (unpaired) electrons. The van der Waals surface area contributed by atoms with E-state index in [0.717, 1.165) is 0 Å². The molecule has 5 heteroatoms. The Morgan fingerprint density at radius 3 is 2.20 bits per heavy atom. The summed E-state index contributed by atoms with van der Waals surface area (Å²) in [6.07, 6.45) is -4.98. The molecule has 0 fully saturated rings. The minimum absolute atomic E-state index is 0.249. The van der Waals surface area contributed by atoms with Crippen molar-refractivity contribution in [3.8, 4) is 0 Å². The zero-order chi connectivity index (χ0) is 11.9. The number of hydrogen-bond acceptors (Lipinski definition) is 2. The third-order valence-corrected chi connectivity index (χ3v) is 2.24. The second-order valence-corrected chi connectivity index (χ2v) is 3.96. The average molecular weight is 227 g/mol. The van der Waals surface area contributed by atoms with Crippen molar-refractivity contribution in [3.05, 3.63) is 0 Å². The van der Waals surface area contributed by atoms with Gasteiger partial charge in [0.2, 0.25) is 0 Å². The van der Waals surface area contributed by atoms with Crippen LogP contribution in [-0.2, 0) is 4.74 Å². The summed E-state index contributed by atoms with van der Waals surface area (Å²) < 4.78 is 40.0. The van der Waals surface area contributed by atoms with Crippen molar-refractivity contribution in [2.24, 2.45) is 5.92 Å². The van der Waals surface area contributed by atoms with Crippen LogP contribution in [0.25, 0.3) is 0 Å². The van der Waals surface area contributed by atoms with E-state index in [1.54, 1.807) is 0 Å².